The molecule has 5 nitrogen and oxygen atoms in total. The van der Waals surface area contributed by atoms with E-state index in [-0.39, 0.29) is 5.91 Å². The summed E-state index contributed by atoms with van der Waals surface area (Å²) in [6.07, 6.45) is 5.55. The zero-order valence-corrected chi connectivity index (χ0v) is 13.2. The minimum Gasteiger partial charge on any atom is -0.357 e. The average molecular weight is 282 g/mol. The molecular weight excluding hydrogens is 252 g/mol. The van der Waals surface area contributed by atoms with Gasteiger partial charge in [0.25, 0.3) is 0 Å². The summed E-state index contributed by atoms with van der Waals surface area (Å²) in [4.78, 5) is 18.3. The van der Waals surface area contributed by atoms with Gasteiger partial charge in [-0.2, -0.15) is 0 Å². The number of hydrogen-bond acceptors (Lipinski definition) is 2. The molecule has 0 saturated heterocycles. The first-order valence-electron chi connectivity index (χ1n) is 8.03. The van der Waals surface area contributed by atoms with Crippen LogP contribution in [0.15, 0.2) is 4.99 Å². The van der Waals surface area contributed by atoms with E-state index in [1.165, 1.54) is 25.7 Å². The van der Waals surface area contributed by atoms with Crippen molar-refractivity contribution in [1.82, 2.24) is 15.5 Å². The molecular formula is C15H30N4O. The molecule has 0 heterocycles. The van der Waals surface area contributed by atoms with E-state index in [1.807, 2.05) is 18.7 Å². The summed E-state index contributed by atoms with van der Waals surface area (Å²) < 4.78 is 0. The van der Waals surface area contributed by atoms with Crippen molar-refractivity contribution in [1.29, 1.82) is 0 Å². The third-order valence-corrected chi connectivity index (χ3v) is 3.75. The molecule has 0 aromatic rings. The normalized spacial score (nSPS) is 16.2. The summed E-state index contributed by atoms with van der Waals surface area (Å²) in [6, 6.07) is 0.547. The first-order chi connectivity index (χ1) is 9.71. The van der Waals surface area contributed by atoms with E-state index < -0.39 is 0 Å². The molecule has 1 fully saturated rings. The molecule has 2 N–H and O–H groups in total. The number of nitrogens with one attached hydrogen (secondary N) is 2. The summed E-state index contributed by atoms with van der Waals surface area (Å²) in [7, 11) is 0. The molecule has 0 unspecified atom stereocenters. The van der Waals surface area contributed by atoms with Gasteiger partial charge in [-0.05, 0) is 33.6 Å². The molecule has 0 spiro atoms. The van der Waals surface area contributed by atoms with Crippen LogP contribution in [0.4, 0.5) is 0 Å². The standard InChI is InChI=1S/C15H30N4O/c1-4-16-15(18-13-9-7-8-10-13)17-12-11-14(20)19(5-2)6-3/h13H,4-12H2,1-3H3,(H2,16,17,18). The average Bonchev–Trinajstić information content (AvgIpc) is 2.93. The van der Waals surface area contributed by atoms with Gasteiger partial charge in [0.2, 0.25) is 5.91 Å². The Morgan fingerprint density at radius 1 is 1.20 bits per heavy atom. The highest BCUT2D eigenvalue weighted by atomic mass is 16.2. The smallest absolute Gasteiger partial charge is 0.224 e. The number of rotatable bonds is 7. The summed E-state index contributed by atoms with van der Waals surface area (Å²) in [5.74, 6) is 1.04. The van der Waals surface area contributed by atoms with Gasteiger partial charge in [-0.1, -0.05) is 12.8 Å². The maximum atomic E-state index is 11.9. The predicted octanol–water partition coefficient (Wildman–Crippen LogP) is 1.74. The Morgan fingerprint density at radius 3 is 2.40 bits per heavy atom. The lowest BCUT2D eigenvalue weighted by Gasteiger charge is -2.19. The second-order valence-electron chi connectivity index (χ2n) is 5.20. The van der Waals surface area contributed by atoms with Crippen LogP contribution in [-0.4, -0.2) is 49.0 Å². The van der Waals surface area contributed by atoms with Crippen LogP contribution in [0, 0.1) is 0 Å². The molecule has 1 aliphatic rings. The van der Waals surface area contributed by atoms with Gasteiger partial charge in [-0.3, -0.25) is 9.79 Å². The minimum atomic E-state index is 0.190. The molecule has 0 atom stereocenters. The van der Waals surface area contributed by atoms with E-state index in [9.17, 15) is 4.79 Å². The monoisotopic (exact) mass is 282 g/mol. The number of amides is 1. The predicted molar refractivity (Wildman–Crippen MR) is 83.9 cm³/mol. The van der Waals surface area contributed by atoms with Crippen LogP contribution >= 0.6 is 0 Å². The van der Waals surface area contributed by atoms with Gasteiger partial charge in [0.1, 0.15) is 0 Å². The van der Waals surface area contributed by atoms with Crippen molar-refractivity contribution >= 4 is 11.9 Å². The molecule has 1 aliphatic carbocycles. The second-order valence-corrected chi connectivity index (χ2v) is 5.20. The molecule has 0 radical (unpaired) electrons. The third kappa shape index (κ3) is 5.80. The second kappa shape index (κ2) is 9.61. The SMILES string of the molecule is CCNC(=NCCC(=O)N(CC)CC)NC1CCCC1. The van der Waals surface area contributed by atoms with Crippen molar-refractivity contribution < 1.29 is 4.79 Å². The van der Waals surface area contributed by atoms with E-state index in [0.29, 0.717) is 19.0 Å². The van der Waals surface area contributed by atoms with Crippen molar-refractivity contribution in [2.45, 2.75) is 58.9 Å². The lowest BCUT2D eigenvalue weighted by atomic mass is 10.2. The number of guanidine groups is 1. The van der Waals surface area contributed by atoms with Crippen LogP contribution < -0.4 is 10.6 Å². The van der Waals surface area contributed by atoms with Crippen LogP contribution in [-0.2, 0) is 4.79 Å². The van der Waals surface area contributed by atoms with Gasteiger partial charge < -0.3 is 15.5 Å². The number of nitrogens with zero attached hydrogens (tertiary/aromatic N) is 2. The topological polar surface area (TPSA) is 56.7 Å². The lowest BCUT2D eigenvalue weighted by Crippen LogP contribution is -2.42. The number of carbonyl (C=O) groups excluding carboxylic acids is 1. The van der Waals surface area contributed by atoms with Crippen LogP contribution in [0.5, 0.6) is 0 Å². The molecule has 20 heavy (non-hydrogen) atoms. The fraction of sp³-hybridized carbons (Fsp3) is 0.867. The van der Waals surface area contributed by atoms with Gasteiger partial charge in [0.15, 0.2) is 5.96 Å². The van der Waals surface area contributed by atoms with E-state index in [2.05, 4.69) is 22.5 Å². The molecule has 116 valence electrons. The number of hydrogen-bond donors (Lipinski definition) is 2. The van der Waals surface area contributed by atoms with Crippen molar-refractivity contribution in [3.63, 3.8) is 0 Å². The fourth-order valence-corrected chi connectivity index (χ4v) is 2.58. The van der Waals surface area contributed by atoms with E-state index in [1.54, 1.807) is 0 Å². The van der Waals surface area contributed by atoms with Crippen LogP contribution in [0.2, 0.25) is 0 Å². The first-order valence-corrected chi connectivity index (χ1v) is 8.03. The molecule has 0 bridgehead atoms. The van der Waals surface area contributed by atoms with Crippen LogP contribution in [0.1, 0.15) is 52.9 Å². The Hall–Kier alpha value is -1.26. The minimum absolute atomic E-state index is 0.190. The van der Waals surface area contributed by atoms with Crippen molar-refractivity contribution in [3.05, 3.63) is 0 Å². The highest BCUT2D eigenvalue weighted by molar-refractivity contribution is 5.81. The van der Waals surface area contributed by atoms with Gasteiger partial charge >= 0.3 is 0 Å². The summed E-state index contributed by atoms with van der Waals surface area (Å²) >= 11 is 0. The molecule has 0 aliphatic heterocycles. The van der Waals surface area contributed by atoms with E-state index >= 15 is 0 Å². The van der Waals surface area contributed by atoms with Crippen LogP contribution in [0.3, 0.4) is 0 Å². The zero-order valence-electron chi connectivity index (χ0n) is 13.2. The Bertz CT molecular complexity index is 307. The lowest BCUT2D eigenvalue weighted by molar-refractivity contribution is -0.130. The van der Waals surface area contributed by atoms with E-state index in [0.717, 1.165) is 25.6 Å². The highest BCUT2D eigenvalue weighted by Crippen LogP contribution is 2.17. The van der Waals surface area contributed by atoms with Crippen molar-refractivity contribution in [3.8, 4) is 0 Å². The fourth-order valence-electron chi connectivity index (χ4n) is 2.58. The van der Waals surface area contributed by atoms with Gasteiger partial charge in [0.05, 0.1) is 6.54 Å². The number of aliphatic imine (C=N–C) groups is 1. The molecule has 0 aromatic carbocycles. The van der Waals surface area contributed by atoms with Gasteiger partial charge in [0, 0.05) is 32.1 Å². The molecule has 5 heteroatoms. The first kappa shape index (κ1) is 16.8. The molecule has 0 aromatic heterocycles. The highest BCUT2D eigenvalue weighted by Gasteiger charge is 2.16. The third-order valence-electron chi connectivity index (χ3n) is 3.75. The molecule has 1 rings (SSSR count). The van der Waals surface area contributed by atoms with Gasteiger partial charge in [-0.15, -0.1) is 0 Å². The summed E-state index contributed by atoms with van der Waals surface area (Å²) in [5, 5.41) is 6.72. The number of carbonyl (C=O) groups is 1. The Labute approximate surface area is 123 Å². The van der Waals surface area contributed by atoms with Gasteiger partial charge in [-0.25, -0.2) is 0 Å². The quantitative estimate of drug-likeness (QED) is 0.552. The maximum absolute atomic E-state index is 11.9. The summed E-state index contributed by atoms with van der Waals surface area (Å²) in [5.41, 5.74) is 0. The summed E-state index contributed by atoms with van der Waals surface area (Å²) in [6.45, 7) is 9.04. The maximum Gasteiger partial charge on any atom is 0.224 e. The van der Waals surface area contributed by atoms with E-state index in [4.69, 9.17) is 0 Å². The van der Waals surface area contributed by atoms with Crippen molar-refractivity contribution in [2.24, 2.45) is 4.99 Å². The Morgan fingerprint density at radius 2 is 1.85 bits per heavy atom. The van der Waals surface area contributed by atoms with Crippen LogP contribution in [0.25, 0.3) is 0 Å². The van der Waals surface area contributed by atoms with Crippen molar-refractivity contribution in [2.75, 3.05) is 26.2 Å². The zero-order chi connectivity index (χ0) is 14.8. The molecule has 1 amide bonds. The molecule has 1 saturated carbocycles. The Balaban J connectivity index is 2.39. The largest absolute Gasteiger partial charge is 0.357 e. The Kier molecular flexibility index (Phi) is 8.07.